The Morgan fingerprint density at radius 2 is 2.14 bits per heavy atom. The molecule has 0 aliphatic heterocycles. The van der Waals surface area contributed by atoms with Crippen molar-refractivity contribution in [3.63, 3.8) is 0 Å². The molecule has 0 saturated heterocycles. The summed E-state index contributed by atoms with van der Waals surface area (Å²) in [5.41, 5.74) is 7.00. The molecule has 0 fully saturated rings. The Bertz CT molecular complexity index is 317. The van der Waals surface area contributed by atoms with Gasteiger partial charge >= 0.3 is 0 Å². The Morgan fingerprint density at radius 3 is 2.64 bits per heavy atom. The van der Waals surface area contributed by atoms with Crippen molar-refractivity contribution in [1.29, 1.82) is 0 Å². The van der Waals surface area contributed by atoms with Gasteiger partial charge in [0.1, 0.15) is 12.2 Å². The van der Waals surface area contributed by atoms with Crippen molar-refractivity contribution in [2.75, 3.05) is 12.3 Å². The number of nitrogen functional groups attached to an aromatic ring is 1. The van der Waals surface area contributed by atoms with Gasteiger partial charge in [-0.15, -0.1) is 0 Å². The smallest absolute Gasteiger partial charge is 0.124 e. The highest BCUT2D eigenvalue weighted by Crippen LogP contribution is 2.19. The molecule has 0 spiro atoms. The number of pyridine rings is 1. The van der Waals surface area contributed by atoms with Crippen LogP contribution in [-0.4, -0.2) is 33.0 Å². The van der Waals surface area contributed by atoms with E-state index in [1.165, 1.54) is 6.20 Å². The molecule has 14 heavy (non-hydrogen) atoms. The number of hydrogen-bond acceptors (Lipinski definition) is 5. The van der Waals surface area contributed by atoms with Crippen molar-refractivity contribution in [2.45, 2.75) is 19.1 Å². The zero-order chi connectivity index (χ0) is 10.7. The second-order valence-corrected chi connectivity index (χ2v) is 3.17. The molecule has 0 aliphatic rings. The molecule has 0 radical (unpaired) electrons. The fourth-order valence-electron chi connectivity index (χ4n) is 1.20. The molecule has 0 bridgehead atoms. The second kappa shape index (κ2) is 4.36. The third-order valence-corrected chi connectivity index (χ3v) is 1.97. The number of anilines is 1. The van der Waals surface area contributed by atoms with Gasteiger partial charge in [-0.05, 0) is 18.6 Å². The van der Waals surface area contributed by atoms with Crippen molar-refractivity contribution >= 4 is 5.69 Å². The van der Waals surface area contributed by atoms with Crippen LogP contribution in [0.1, 0.15) is 17.4 Å². The van der Waals surface area contributed by atoms with E-state index in [4.69, 9.17) is 10.8 Å². The quantitative estimate of drug-likeness (QED) is 0.517. The maximum Gasteiger partial charge on any atom is 0.124 e. The fraction of sp³-hybridized carbons (Fsp3) is 0.444. The molecule has 1 rings (SSSR count). The molecule has 5 heteroatoms. The molecule has 0 aliphatic carbocycles. The number of aliphatic hydroxyl groups is 3. The van der Waals surface area contributed by atoms with Gasteiger partial charge in [0.25, 0.3) is 0 Å². The molecule has 0 amide bonds. The summed E-state index contributed by atoms with van der Waals surface area (Å²) >= 11 is 0. The summed E-state index contributed by atoms with van der Waals surface area (Å²) in [6.45, 7) is 1.22. The van der Waals surface area contributed by atoms with Crippen LogP contribution in [0.3, 0.4) is 0 Å². The maximum absolute atomic E-state index is 9.55. The molecular formula is C9H14N2O3. The second-order valence-electron chi connectivity index (χ2n) is 3.17. The monoisotopic (exact) mass is 198 g/mol. The van der Waals surface area contributed by atoms with E-state index in [1.54, 1.807) is 13.0 Å². The van der Waals surface area contributed by atoms with E-state index in [9.17, 15) is 10.2 Å². The molecule has 5 nitrogen and oxygen atoms in total. The summed E-state index contributed by atoms with van der Waals surface area (Å²) in [7, 11) is 0. The average molecular weight is 198 g/mol. The van der Waals surface area contributed by atoms with E-state index in [0.717, 1.165) is 0 Å². The standard InChI is InChI=1S/C9H14N2O3/c1-5-2-6(10)3-11-8(5)9(14)7(13)4-12/h2-3,7,9,12-14H,4,10H2,1H3. The Kier molecular flexibility index (Phi) is 3.40. The first-order valence-corrected chi connectivity index (χ1v) is 4.25. The van der Waals surface area contributed by atoms with Crippen LogP contribution in [0.4, 0.5) is 5.69 Å². The van der Waals surface area contributed by atoms with Gasteiger partial charge in [0.05, 0.1) is 24.2 Å². The molecule has 78 valence electrons. The summed E-state index contributed by atoms with van der Waals surface area (Å²) in [5.74, 6) is 0. The molecule has 1 aromatic heterocycles. The molecule has 1 aromatic rings. The van der Waals surface area contributed by atoms with Gasteiger partial charge in [-0.2, -0.15) is 0 Å². The fourth-order valence-corrected chi connectivity index (χ4v) is 1.20. The van der Waals surface area contributed by atoms with Crippen LogP contribution in [0.25, 0.3) is 0 Å². The molecule has 2 unspecified atom stereocenters. The molecule has 2 atom stereocenters. The van der Waals surface area contributed by atoms with E-state index in [-0.39, 0.29) is 0 Å². The van der Waals surface area contributed by atoms with Gasteiger partial charge in [0.15, 0.2) is 0 Å². The summed E-state index contributed by atoms with van der Waals surface area (Å²) in [5, 5.41) is 27.4. The minimum atomic E-state index is -1.22. The zero-order valence-corrected chi connectivity index (χ0v) is 7.88. The SMILES string of the molecule is Cc1cc(N)cnc1C(O)C(O)CO. The molecule has 0 aromatic carbocycles. The van der Waals surface area contributed by atoms with Crippen LogP contribution in [0.5, 0.6) is 0 Å². The average Bonchev–Trinajstić information content (AvgIpc) is 2.15. The highest BCUT2D eigenvalue weighted by molar-refractivity contribution is 5.40. The number of aryl methyl sites for hydroxylation is 1. The summed E-state index contributed by atoms with van der Waals surface area (Å²) in [6.07, 6.45) is -0.999. The van der Waals surface area contributed by atoms with Crippen molar-refractivity contribution in [2.24, 2.45) is 0 Å². The van der Waals surface area contributed by atoms with Crippen LogP contribution >= 0.6 is 0 Å². The Labute approximate surface area is 81.8 Å². The Morgan fingerprint density at radius 1 is 1.50 bits per heavy atom. The normalized spacial score (nSPS) is 15.1. The largest absolute Gasteiger partial charge is 0.397 e. The molecule has 5 N–H and O–H groups in total. The minimum absolute atomic E-state index is 0.334. The van der Waals surface area contributed by atoms with Crippen molar-refractivity contribution in [3.05, 3.63) is 23.5 Å². The summed E-state index contributed by atoms with van der Waals surface area (Å²) in [6, 6.07) is 1.65. The minimum Gasteiger partial charge on any atom is -0.397 e. The van der Waals surface area contributed by atoms with Gasteiger partial charge in [-0.25, -0.2) is 0 Å². The van der Waals surface area contributed by atoms with E-state index in [0.29, 0.717) is 16.9 Å². The highest BCUT2D eigenvalue weighted by Gasteiger charge is 2.20. The lowest BCUT2D eigenvalue weighted by atomic mass is 10.1. The number of nitrogens with two attached hydrogens (primary N) is 1. The third-order valence-electron chi connectivity index (χ3n) is 1.97. The first-order valence-electron chi connectivity index (χ1n) is 4.25. The number of aliphatic hydroxyl groups excluding tert-OH is 3. The van der Waals surface area contributed by atoms with Gasteiger partial charge in [0, 0.05) is 0 Å². The van der Waals surface area contributed by atoms with Crippen LogP contribution in [-0.2, 0) is 0 Å². The van der Waals surface area contributed by atoms with Crippen molar-refractivity contribution < 1.29 is 15.3 Å². The highest BCUT2D eigenvalue weighted by atomic mass is 16.4. The van der Waals surface area contributed by atoms with E-state index < -0.39 is 18.8 Å². The van der Waals surface area contributed by atoms with Crippen LogP contribution < -0.4 is 5.73 Å². The summed E-state index contributed by atoms with van der Waals surface area (Å²) in [4.78, 5) is 3.90. The number of nitrogens with zero attached hydrogens (tertiary/aromatic N) is 1. The number of hydrogen-bond donors (Lipinski definition) is 4. The maximum atomic E-state index is 9.55. The Balaban J connectivity index is 2.95. The number of rotatable bonds is 3. The lowest BCUT2D eigenvalue weighted by molar-refractivity contribution is -0.0175. The molecular weight excluding hydrogens is 184 g/mol. The lowest BCUT2D eigenvalue weighted by Gasteiger charge is -2.16. The van der Waals surface area contributed by atoms with E-state index in [2.05, 4.69) is 4.98 Å². The van der Waals surface area contributed by atoms with Crippen LogP contribution in [0.2, 0.25) is 0 Å². The van der Waals surface area contributed by atoms with Crippen molar-refractivity contribution in [1.82, 2.24) is 4.98 Å². The van der Waals surface area contributed by atoms with E-state index >= 15 is 0 Å². The van der Waals surface area contributed by atoms with Crippen LogP contribution in [0, 0.1) is 6.92 Å². The van der Waals surface area contributed by atoms with Crippen molar-refractivity contribution in [3.8, 4) is 0 Å². The predicted molar refractivity (Wildman–Crippen MR) is 51.4 cm³/mol. The first kappa shape index (κ1) is 10.9. The zero-order valence-electron chi connectivity index (χ0n) is 7.88. The van der Waals surface area contributed by atoms with Gasteiger partial charge in [0.2, 0.25) is 0 Å². The third kappa shape index (κ3) is 2.20. The number of aromatic nitrogens is 1. The van der Waals surface area contributed by atoms with Gasteiger partial charge in [-0.3, -0.25) is 4.98 Å². The van der Waals surface area contributed by atoms with E-state index in [1.807, 2.05) is 0 Å². The molecule has 0 saturated carbocycles. The summed E-state index contributed by atoms with van der Waals surface area (Å²) < 4.78 is 0. The van der Waals surface area contributed by atoms with Crippen LogP contribution in [0.15, 0.2) is 12.3 Å². The lowest BCUT2D eigenvalue weighted by Crippen LogP contribution is -2.23. The van der Waals surface area contributed by atoms with Gasteiger partial charge in [-0.1, -0.05) is 0 Å². The predicted octanol–water partition coefficient (Wildman–Crippen LogP) is -0.641. The molecule has 1 heterocycles. The Hall–Kier alpha value is -1.17. The van der Waals surface area contributed by atoms with Gasteiger partial charge < -0.3 is 21.1 Å². The first-order chi connectivity index (χ1) is 6.56. The topological polar surface area (TPSA) is 99.6 Å².